The molecule has 8 heteroatoms. The van der Waals surface area contributed by atoms with Gasteiger partial charge in [0.1, 0.15) is 16.7 Å². The number of nitrogens with two attached hydrogens (primary N) is 1. The summed E-state index contributed by atoms with van der Waals surface area (Å²) in [4.78, 5) is 12.5. The van der Waals surface area contributed by atoms with Crippen molar-refractivity contribution in [2.45, 2.75) is 36.1 Å². The highest BCUT2D eigenvalue weighted by Gasteiger charge is 2.17. The van der Waals surface area contributed by atoms with E-state index in [2.05, 4.69) is 26.0 Å². The summed E-state index contributed by atoms with van der Waals surface area (Å²) in [6.07, 6.45) is 7.00. The maximum atomic E-state index is 9.37. The highest BCUT2D eigenvalue weighted by atomic mass is 32.2. The van der Waals surface area contributed by atoms with Crippen LogP contribution in [0, 0.1) is 18.3 Å². The number of aromatic nitrogens is 4. The zero-order valence-electron chi connectivity index (χ0n) is 16.4. The molecule has 1 fully saturated rings. The zero-order chi connectivity index (χ0) is 20.2. The van der Waals surface area contributed by atoms with E-state index in [1.54, 1.807) is 0 Å². The van der Waals surface area contributed by atoms with Gasteiger partial charge in [-0.1, -0.05) is 11.8 Å². The molecular formula is C21H23N7S. The number of benzene rings is 1. The first-order chi connectivity index (χ1) is 14.2. The van der Waals surface area contributed by atoms with Gasteiger partial charge in [-0.05, 0) is 56.5 Å². The van der Waals surface area contributed by atoms with E-state index >= 15 is 0 Å². The van der Waals surface area contributed by atoms with Crippen LogP contribution in [0.1, 0.15) is 29.8 Å². The summed E-state index contributed by atoms with van der Waals surface area (Å²) in [5, 5.41) is 14.7. The molecule has 1 aliphatic heterocycles. The van der Waals surface area contributed by atoms with Crippen molar-refractivity contribution in [3.8, 4) is 11.8 Å². The maximum absolute atomic E-state index is 9.37. The van der Waals surface area contributed by atoms with Crippen molar-refractivity contribution in [1.82, 2.24) is 19.7 Å². The second kappa shape index (κ2) is 8.64. The summed E-state index contributed by atoms with van der Waals surface area (Å²) >= 11 is 1.53. The highest BCUT2D eigenvalue weighted by Crippen LogP contribution is 2.34. The fourth-order valence-corrected chi connectivity index (χ4v) is 4.46. The number of hydrogen-bond donors (Lipinski definition) is 1. The van der Waals surface area contributed by atoms with Crippen LogP contribution in [-0.4, -0.2) is 39.4 Å². The van der Waals surface area contributed by atoms with E-state index in [1.165, 1.54) is 24.6 Å². The Morgan fingerprint density at radius 3 is 2.79 bits per heavy atom. The molecule has 3 heterocycles. The largest absolute Gasteiger partial charge is 0.356 e. The van der Waals surface area contributed by atoms with Crippen LogP contribution in [0.15, 0.2) is 46.6 Å². The SMILES string of the molecule is Cc1nc(Sc2cc(C#N)ccc2-n2cc(CCN)cn2)cc(N2CCCC2)n1. The van der Waals surface area contributed by atoms with E-state index in [0.717, 1.165) is 52.3 Å². The van der Waals surface area contributed by atoms with E-state index in [9.17, 15) is 5.26 Å². The van der Waals surface area contributed by atoms with Crippen LogP contribution < -0.4 is 10.6 Å². The minimum atomic E-state index is 0.583. The van der Waals surface area contributed by atoms with Crippen molar-refractivity contribution in [3.63, 3.8) is 0 Å². The van der Waals surface area contributed by atoms with Crippen LogP contribution in [0.4, 0.5) is 5.82 Å². The molecule has 0 saturated carbocycles. The number of aryl methyl sites for hydroxylation is 1. The number of nitriles is 1. The van der Waals surface area contributed by atoms with Crippen LogP contribution in [0.25, 0.3) is 5.69 Å². The van der Waals surface area contributed by atoms with Gasteiger partial charge in [-0.25, -0.2) is 14.6 Å². The third-order valence-corrected chi connectivity index (χ3v) is 5.82. The summed E-state index contributed by atoms with van der Waals surface area (Å²) in [6, 6.07) is 9.88. The van der Waals surface area contributed by atoms with Gasteiger partial charge in [-0.15, -0.1) is 0 Å². The van der Waals surface area contributed by atoms with Crippen LogP contribution in [0.3, 0.4) is 0 Å². The summed E-state index contributed by atoms with van der Waals surface area (Å²) in [7, 11) is 0. The van der Waals surface area contributed by atoms with Crippen molar-refractivity contribution in [2.75, 3.05) is 24.5 Å². The first kappa shape index (κ1) is 19.4. The van der Waals surface area contributed by atoms with Gasteiger partial charge in [0, 0.05) is 30.2 Å². The number of nitrogens with zero attached hydrogens (tertiary/aromatic N) is 6. The van der Waals surface area contributed by atoms with E-state index in [-0.39, 0.29) is 0 Å². The molecule has 0 amide bonds. The van der Waals surface area contributed by atoms with Gasteiger partial charge in [0.05, 0.1) is 23.5 Å². The van der Waals surface area contributed by atoms with Crippen molar-refractivity contribution < 1.29 is 0 Å². The highest BCUT2D eigenvalue weighted by molar-refractivity contribution is 7.99. The predicted octanol–water partition coefficient (Wildman–Crippen LogP) is 3.10. The molecule has 3 aromatic rings. The lowest BCUT2D eigenvalue weighted by atomic mass is 10.2. The quantitative estimate of drug-likeness (QED) is 0.629. The van der Waals surface area contributed by atoms with Crippen LogP contribution in [0.2, 0.25) is 0 Å². The Morgan fingerprint density at radius 2 is 2.03 bits per heavy atom. The fraction of sp³-hybridized carbons (Fsp3) is 0.333. The van der Waals surface area contributed by atoms with Crippen LogP contribution >= 0.6 is 11.8 Å². The number of anilines is 1. The summed E-state index contributed by atoms with van der Waals surface area (Å²) in [5.74, 6) is 1.72. The van der Waals surface area contributed by atoms with Gasteiger partial charge in [-0.3, -0.25) is 0 Å². The van der Waals surface area contributed by atoms with Crippen molar-refractivity contribution in [2.24, 2.45) is 5.73 Å². The molecule has 1 saturated heterocycles. The summed E-state index contributed by atoms with van der Waals surface area (Å²) < 4.78 is 1.84. The smallest absolute Gasteiger partial charge is 0.133 e. The molecule has 0 spiro atoms. The van der Waals surface area contributed by atoms with Crippen molar-refractivity contribution in [1.29, 1.82) is 5.26 Å². The van der Waals surface area contributed by atoms with Gasteiger partial charge >= 0.3 is 0 Å². The molecule has 7 nitrogen and oxygen atoms in total. The Balaban J connectivity index is 1.69. The van der Waals surface area contributed by atoms with E-state index in [1.807, 2.05) is 48.3 Å². The fourth-order valence-electron chi connectivity index (χ4n) is 3.44. The molecule has 0 radical (unpaired) electrons. The normalized spacial score (nSPS) is 13.6. The summed E-state index contributed by atoms with van der Waals surface area (Å²) in [5.41, 5.74) is 8.27. The Labute approximate surface area is 174 Å². The van der Waals surface area contributed by atoms with Gasteiger partial charge < -0.3 is 10.6 Å². The molecule has 2 aromatic heterocycles. The van der Waals surface area contributed by atoms with Crippen molar-refractivity contribution in [3.05, 3.63) is 53.6 Å². The lowest BCUT2D eigenvalue weighted by Gasteiger charge is -2.17. The van der Waals surface area contributed by atoms with Gasteiger partial charge in [0.2, 0.25) is 0 Å². The second-order valence-electron chi connectivity index (χ2n) is 7.03. The van der Waals surface area contributed by atoms with E-state index < -0.39 is 0 Å². The van der Waals surface area contributed by atoms with E-state index in [4.69, 9.17) is 5.73 Å². The van der Waals surface area contributed by atoms with Gasteiger partial charge in [0.15, 0.2) is 0 Å². The average molecular weight is 406 g/mol. The Hall–Kier alpha value is -2.89. The maximum Gasteiger partial charge on any atom is 0.133 e. The molecule has 0 unspecified atom stereocenters. The molecule has 148 valence electrons. The van der Waals surface area contributed by atoms with Crippen LogP contribution in [-0.2, 0) is 6.42 Å². The standard InChI is InChI=1S/C21H23N7S/c1-15-25-20(27-8-2-3-9-27)11-21(26-15)29-19-10-16(12-23)4-5-18(19)28-14-17(6-7-22)13-24-28/h4-5,10-11,13-14H,2-3,6-9,22H2,1H3. The summed E-state index contributed by atoms with van der Waals surface area (Å²) in [6.45, 7) is 4.57. The molecule has 4 rings (SSSR count). The van der Waals surface area contributed by atoms with Gasteiger partial charge in [0.25, 0.3) is 0 Å². The monoisotopic (exact) mass is 405 g/mol. The number of hydrogen-bond acceptors (Lipinski definition) is 7. The minimum Gasteiger partial charge on any atom is -0.356 e. The van der Waals surface area contributed by atoms with Gasteiger partial charge in [-0.2, -0.15) is 10.4 Å². The molecule has 1 aromatic carbocycles. The molecule has 29 heavy (non-hydrogen) atoms. The van der Waals surface area contributed by atoms with E-state index in [0.29, 0.717) is 12.1 Å². The van der Waals surface area contributed by atoms with Crippen molar-refractivity contribution >= 4 is 17.6 Å². The minimum absolute atomic E-state index is 0.583. The topological polar surface area (TPSA) is 96.6 Å². The Morgan fingerprint density at radius 1 is 1.21 bits per heavy atom. The number of rotatable bonds is 6. The average Bonchev–Trinajstić information content (AvgIpc) is 3.40. The molecular weight excluding hydrogens is 382 g/mol. The first-order valence-corrected chi connectivity index (χ1v) is 10.5. The molecule has 1 aliphatic rings. The first-order valence-electron chi connectivity index (χ1n) is 9.73. The Bertz CT molecular complexity index is 1050. The Kier molecular flexibility index (Phi) is 5.79. The zero-order valence-corrected chi connectivity index (χ0v) is 17.2. The molecule has 0 bridgehead atoms. The molecule has 0 atom stereocenters. The lowest BCUT2D eigenvalue weighted by molar-refractivity contribution is 0.858. The predicted molar refractivity (Wildman–Crippen MR) is 113 cm³/mol. The second-order valence-corrected chi connectivity index (χ2v) is 8.10. The van der Waals surface area contributed by atoms with Crippen LogP contribution in [0.5, 0.6) is 0 Å². The lowest BCUT2D eigenvalue weighted by Crippen LogP contribution is -2.19. The molecule has 2 N–H and O–H groups in total. The third-order valence-electron chi connectivity index (χ3n) is 4.85. The third kappa shape index (κ3) is 4.42. The molecule has 0 aliphatic carbocycles.